The van der Waals surface area contributed by atoms with Crippen molar-refractivity contribution >= 4 is 11.9 Å². The van der Waals surface area contributed by atoms with Gasteiger partial charge < -0.3 is 19.9 Å². The fourth-order valence-corrected chi connectivity index (χ4v) is 1.91. The van der Waals surface area contributed by atoms with Gasteiger partial charge in [-0.15, -0.1) is 0 Å². The van der Waals surface area contributed by atoms with Gasteiger partial charge in [0, 0.05) is 12.1 Å². The van der Waals surface area contributed by atoms with Crippen molar-refractivity contribution in [2.75, 3.05) is 13.7 Å². The lowest BCUT2D eigenvalue weighted by Crippen LogP contribution is -2.28. The number of carbonyl (C=O) groups excluding carboxylic acids is 2. The SMILES string of the molecule is COc1ccccc1CNC(=O)COC(=O)c1ccc(O)cc1. The number of hydrogen-bond donors (Lipinski definition) is 2. The first-order valence-electron chi connectivity index (χ1n) is 6.95. The van der Waals surface area contributed by atoms with Gasteiger partial charge >= 0.3 is 5.97 Å². The number of amides is 1. The van der Waals surface area contributed by atoms with Crippen LogP contribution in [0.5, 0.6) is 11.5 Å². The molecular weight excluding hydrogens is 298 g/mol. The van der Waals surface area contributed by atoms with E-state index in [-0.39, 0.29) is 24.5 Å². The van der Waals surface area contributed by atoms with Crippen LogP contribution in [0.15, 0.2) is 48.5 Å². The molecule has 2 aromatic carbocycles. The molecule has 0 aliphatic carbocycles. The third kappa shape index (κ3) is 4.74. The van der Waals surface area contributed by atoms with E-state index in [2.05, 4.69) is 5.32 Å². The molecule has 0 aliphatic rings. The number of nitrogens with one attached hydrogen (secondary N) is 1. The van der Waals surface area contributed by atoms with Crippen molar-refractivity contribution in [3.05, 3.63) is 59.7 Å². The van der Waals surface area contributed by atoms with E-state index in [0.29, 0.717) is 5.75 Å². The van der Waals surface area contributed by atoms with E-state index in [0.717, 1.165) is 5.56 Å². The lowest BCUT2D eigenvalue weighted by Gasteiger charge is -2.10. The summed E-state index contributed by atoms with van der Waals surface area (Å²) in [4.78, 5) is 23.5. The molecule has 2 rings (SSSR count). The summed E-state index contributed by atoms with van der Waals surface area (Å²) >= 11 is 0. The lowest BCUT2D eigenvalue weighted by molar-refractivity contribution is -0.124. The van der Waals surface area contributed by atoms with E-state index in [1.807, 2.05) is 18.2 Å². The smallest absolute Gasteiger partial charge is 0.338 e. The average Bonchev–Trinajstić information content (AvgIpc) is 2.58. The van der Waals surface area contributed by atoms with Crippen LogP contribution in [0.4, 0.5) is 0 Å². The van der Waals surface area contributed by atoms with Crippen LogP contribution < -0.4 is 10.1 Å². The van der Waals surface area contributed by atoms with E-state index in [1.165, 1.54) is 24.3 Å². The van der Waals surface area contributed by atoms with Crippen molar-refractivity contribution in [2.24, 2.45) is 0 Å². The van der Waals surface area contributed by atoms with Crippen LogP contribution in [0, 0.1) is 0 Å². The molecule has 0 radical (unpaired) electrons. The Morgan fingerprint density at radius 2 is 1.78 bits per heavy atom. The first-order chi connectivity index (χ1) is 11.1. The Morgan fingerprint density at radius 3 is 2.48 bits per heavy atom. The highest BCUT2D eigenvalue weighted by atomic mass is 16.5. The number of hydrogen-bond acceptors (Lipinski definition) is 5. The molecule has 120 valence electrons. The van der Waals surface area contributed by atoms with Crippen molar-refractivity contribution in [2.45, 2.75) is 6.54 Å². The Balaban J connectivity index is 1.81. The number of phenols is 1. The molecular formula is C17H17NO5. The van der Waals surface area contributed by atoms with Gasteiger partial charge in [0.1, 0.15) is 11.5 Å². The highest BCUT2D eigenvalue weighted by Gasteiger charge is 2.10. The Bertz CT molecular complexity index is 682. The Kier molecular flexibility index (Phi) is 5.57. The number of carbonyl (C=O) groups is 2. The molecule has 0 aliphatic heterocycles. The average molecular weight is 315 g/mol. The zero-order valence-corrected chi connectivity index (χ0v) is 12.6. The third-order valence-electron chi connectivity index (χ3n) is 3.11. The maximum Gasteiger partial charge on any atom is 0.338 e. The first kappa shape index (κ1) is 16.4. The van der Waals surface area contributed by atoms with E-state index >= 15 is 0 Å². The van der Waals surface area contributed by atoms with Gasteiger partial charge in [-0.1, -0.05) is 18.2 Å². The number of rotatable bonds is 6. The molecule has 0 spiro atoms. The molecule has 1 amide bonds. The topological polar surface area (TPSA) is 84.9 Å². The minimum absolute atomic E-state index is 0.0519. The van der Waals surface area contributed by atoms with Crippen LogP contribution in [0.25, 0.3) is 0 Å². The second-order valence-corrected chi connectivity index (χ2v) is 4.71. The molecule has 0 saturated heterocycles. The zero-order valence-electron chi connectivity index (χ0n) is 12.6. The molecule has 23 heavy (non-hydrogen) atoms. The summed E-state index contributed by atoms with van der Waals surface area (Å²) in [5, 5.41) is 11.8. The predicted octanol–water partition coefficient (Wildman–Crippen LogP) is 1.87. The molecule has 0 heterocycles. The maximum absolute atomic E-state index is 11.7. The van der Waals surface area contributed by atoms with Crippen molar-refractivity contribution < 1.29 is 24.2 Å². The predicted molar refractivity (Wildman–Crippen MR) is 83.2 cm³/mol. The van der Waals surface area contributed by atoms with Crippen molar-refractivity contribution in [3.63, 3.8) is 0 Å². The summed E-state index contributed by atoms with van der Waals surface area (Å²) < 4.78 is 10.1. The van der Waals surface area contributed by atoms with Gasteiger partial charge in [-0.2, -0.15) is 0 Å². The van der Waals surface area contributed by atoms with Crippen LogP contribution >= 0.6 is 0 Å². The quantitative estimate of drug-likeness (QED) is 0.795. The van der Waals surface area contributed by atoms with Crippen LogP contribution in [-0.2, 0) is 16.1 Å². The van der Waals surface area contributed by atoms with E-state index < -0.39 is 11.9 Å². The molecule has 0 saturated carbocycles. The van der Waals surface area contributed by atoms with Gasteiger partial charge in [-0.3, -0.25) is 4.79 Å². The maximum atomic E-state index is 11.7. The molecule has 0 bridgehead atoms. The van der Waals surface area contributed by atoms with Gasteiger partial charge in [-0.25, -0.2) is 4.79 Å². The molecule has 6 nitrogen and oxygen atoms in total. The van der Waals surface area contributed by atoms with Crippen molar-refractivity contribution in [3.8, 4) is 11.5 Å². The van der Waals surface area contributed by atoms with Crippen LogP contribution in [0.2, 0.25) is 0 Å². The highest BCUT2D eigenvalue weighted by Crippen LogP contribution is 2.16. The lowest BCUT2D eigenvalue weighted by atomic mass is 10.2. The standard InChI is InChI=1S/C17H17NO5/c1-22-15-5-3-2-4-13(15)10-18-16(20)11-23-17(21)12-6-8-14(19)9-7-12/h2-9,19H,10-11H2,1H3,(H,18,20). The summed E-state index contributed by atoms with van der Waals surface area (Å²) in [6, 6.07) is 12.9. The monoisotopic (exact) mass is 315 g/mol. The third-order valence-corrected chi connectivity index (χ3v) is 3.11. The summed E-state index contributed by atoms with van der Waals surface area (Å²) in [7, 11) is 1.56. The molecule has 0 unspecified atom stereocenters. The minimum atomic E-state index is -0.627. The van der Waals surface area contributed by atoms with Crippen LogP contribution in [0.3, 0.4) is 0 Å². The summed E-state index contributed by atoms with van der Waals surface area (Å²) in [5.41, 5.74) is 1.09. The summed E-state index contributed by atoms with van der Waals surface area (Å²) in [6.07, 6.45) is 0. The summed E-state index contributed by atoms with van der Waals surface area (Å²) in [6.45, 7) is -0.103. The highest BCUT2D eigenvalue weighted by molar-refractivity contribution is 5.91. The van der Waals surface area contributed by atoms with Gasteiger partial charge in [0.25, 0.3) is 5.91 Å². The van der Waals surface area contributed by atoms with Gasteiger partial charge in [0.2, 0.25) is 0 Å². The fourth-order valence-electron chi connectivity index (χ4n) is 1.91. The molecule has 0 atom stereocenters. The Labute approximate surface area is 133 Å². The number of phenolic OH excluding ortho intramolecular Hbond substituents is 1. The molecule has 2 N–H and O–H groups in total. The number of para-hydroxylation sites is 1. The van der Waals surface area contributed by atoms with Crippen molar-refractivity contribution in [1.29, 1.82) is 0 Å². The number of methoxy groups -OCH3 is 1. The fraction of sp³-hybridized carbons (Fsp3) is 0.176. The number of benzene rings is 2. The Hall–Kier alpha value is -3.02. The number of esters is 1. The van der Waals surface area contributed by atoms with Gasteiger partial charge in [0.15, 0.2) is 6.61 Å². The first-order valence-corrected chi connectivity index (χ1v) is 6.95. The van der Waals surface area contributed by atoms with Crippen molar-refractivity contribution in [1.82, 2.24) is 5.32 Å². The van der Waals surface area contributed by atoms with Crippen LogP contribution in [-0.4, -0.2) is 30.7 Å². The second kappa shape index (κ2) is 7.84. The second-order valence-electron chi connectivity index (χ2n) is 4.71. The van der Waals surface area contributed by atoms with Gasteiger partial charge in [-0.05, 0) is 30.3 Å². The number of aromatic hydroxyl groups is 1. The minimum Gasteiger partial charge on any atom is -0.508 e. The molecule has 0 aromatic heterocycles. The normalized spacial score (nSPS) is 9.96. The Morgan fingerprint density at radius 1 is 1.09 bits per heavy atom. The molecule has 6 heteroatoms. The van der Waals surface area contributed by atoms with E-state index in [4.69, 9.17) is 14.6 Å². The van der Waals surface area contributed by atoms with Crippen LogP contribution in [0.1, 0.15) is 15.9 Å². The largest absolute Gasteiger partial charge is 0.508 e. The zero-order chi connectivity index (χ0) is 16.7. The van der Waals surface area contributed by atoms with E-state index in [9.17, 15) is 9.59 Å². The van der Waals surface area contributed by atoms with Gasteiger partial charge in [0.05, 0.1) is 12.7 Å². The molecule has 0 fully saturated rings. The summed E-state index contributed by atoms with van der Waals surface area (Å²) in [5.74, 6) is -0.314. The van der Waals surface area contributed by atoms with E-state index in [1.54, 1.807) is 13.2 Å². The molecule has 2 aromatic rings. The number of ether oxygens (including phenoxy) is 2.